The van der Waals surface area contributed by atoms with E-state index in [4.69, 9.17) is 4.42 Å². The zero-order valence-corrected chi connectivity index (χ0v) is 15.7. The number of aryl methyl sites for hydroxylation is 1. The molecule has 0 aliphatic carbocycles. The molecule has 7 nitrogen and oxygen atoms in total. The number of benzene rings is 1. The second kappa shape index (κ2) is 8.22. The molecule has 0 aliphatic heterocycles. The Balaban J connectivity index is 1.54. The lowest BCUT2D eigenvalue weighted by atomic mass is 10.1. The summed E-state index contributed by atoms with van der Waals surface area (Å²) >= 11 is 0. The number of nitrogens with one attached hydrogen (secondary N) is 1. The van der Waals surface area contributed by atoms with Gasteiger partial charge in [0.2, 0.25) is 5.91 Å². The number of hydrogen-bond donors (Lipinski definition) is 1. The van der Waals surface area contributed by atoms with Gasteiger partial charge in [-0.25, -0.2) is 8.42 Å². The third-order valence-electron chi connectivity index (χ3n) is 4.20. The second-order valence-electron chi connectivity index (χ2n) is 6.24. The molecule has 1 atom stereocenters. The van der Waals surface area contributed by atoms with Crippen molar-refractivity contribution < 1.29 is 17.6 Å². The SMILES string of the molecule is CS(=O)(=O)c1ccc(CCC(=O)NC[C@@H](c2ccco2)n2cccn2)cc1. The zero-order chi connectivity index (χ0) is 19.3. The van der Waals surface area contributed by atoms with Crippen LogP contribution in [0.25, 0.3) is 0 Å². The summed E-state index contributed by atoms with van der Waals surface area (Å²) in [5.41, 5.74) is 0.909. The number of amides is 1. The number of aromatic nitrogens is 2. The number of carbonyl (C=O) groups is 1. The van der Waals surface area contributed by atoms with E-state index in [0.29, 0.717) is 19.4 Å². The minimum absolute atomic E-state index is 0.0918. The predicted molar refractivity (Wildman–Crippen MR) is 100.0 cm³/mol. The molecule has 0 radical (unpaired) electrons. The lowest BCUT2D eigenvalue weighted by molar-refractivity contribution is -0.121. The van der Waals surface area contributed by atoms with Crippen LogP contribution in [0.5, 0.6) is 0 Å². The average Bonchev–Trinajstić information content (AvgIpc) is 3.34. The molecule has 0 spiro atoms. The summed E-state index contributed by atoms with van der Waals surface area (Å²) in [7, 11) is -3.21. The molecule has 1 aromatic carbocycles. The fraction of sp³-hybridized carbons (Fsp3) is 0.263. The lowest BCUT2D eigenvalue weighted by Crippen LogP contribution is -2.31. The largest absolute Gasteiger partial charge is 0.467 e. The molecule has 0 bridgehead atoms. The van der Waals surface area contributed by atoms with Gasteiger partial charge < -0.3 is 9.73 Å². The molecule has 0 saturated carbocycles. The molecular formula is C19H21N3O4S. The minimum Gasteiger partial charge on any atom is -0.467 e. The van der Waals surface area contributed by atoms with Crippen molar-refractivity contribution in [1.29, 1.82) is 0 Å². The van der Waals surface area contributed by atoms with Crippen molar-refractivity contribution in [1.82, 2.24) is 15.1 Å². The zero-order valence-electron chi connectivity index (χ0n) is 14.9. The van der Waals surface area contributed by atoms with E-state index < -0.39 is 9.84 Å². The molecule has 0 aliphatic rings. The van der Waals surface area contributed by atoms with Gasteiger partial charge in [-0.15, -0.1) is 0 Å². The van der Waals surface area contributed by atoms with E-state index in [-0.39, 0.29) is 16.8 Å². The third kappa shape index (κ3) is 5.07. The molecule has 27 heavy (non-hydrogen) atoms. The summed E-state index contributed by atoms with van der Waals surface area (Å²) in [4.78, 5) is 12.5. The first-order chi connectivity index (χ1) is 12.9. The van der Waals surface area contributed by atoms with Crippen LogP contribution in [-0.4, -0.2) is 36.9 Å². The van der Waals surface area contributed by atoms with Gasteiger partial charge >= 0.3 is 0 Å². The Morgan fingerprint density at radius 3 is 2.59 bits per heavy atom. The van der Waals surface area contributed by atoms with E-state index in [0.717, 1.165) is 11.3 Å². The van der Waals surface area contributed by atoms with Gasteiger partial charge in [0, 0.05) is 31.6 Å². The van der Waals surface area contributed by atoms with Crippen LogP contribution >= 0.6 is 0 Å². The van der Waals surface area contributed by atoms with Gasteiger partial charge in [-0.05, 0) is 42.3 Å². The highest BCUT2D eigenvalue weighted by Crippen LogP contribution is 2.17. The molecule has 1 N–H and O–H groups in total. The number of furan rings is 1. The van der Waals surface area contributed by atoms with Gasteiger partial charge in [-0.2, -0.15) is 5.10 Å². The first-order valence-electron chi connectivity index (χ1n) is 8.52. The second-order valence-corrected chi connectivity index (χ2v) is 8.25. The maximum Gasteiger partial charge on any atom is 0.220 e. The Morgan fingerprint density at radius 1 is 1.22 bits per heavy atom. The van der Waals surface area contributed by atoms with E-state index in [1.165, 1.54) is 6.26 Å². The normalized spacial score (nSPS) is 12.6. The van der Waals surface area contributed by atoms with Crippen LogP contribution in [-0.2, 0) is 21.1 Å². The molecule has 3 aromatic rings. The molecule has 8 heteroatoms. The van der Waals surface area contributed by atoms with Gasteiger partial charge in [0.1, 0.15) is 11.8 Å². The summed E-state index contributed by atoms with van der Waals surface area (Å²) in [5.74, 6) is 0.626. The smallest absolute Gasteiger partial charge is 0.220 e. The number of rotatable bonds is 8. The van der Waals surface area contributed by atoms with Crippen molar-refractivity contribution in [3.05, 3.63) is 72.4 Å². The van der Waals surface area contributed by atoms with Gasteiger partial charge in [-0.1, -0.05) is 12.1 Å². The van der Waals surface area contributed by atoms with Gasteiger partial charge in [0.25, 0.3) is 0 Å². The van der Waals surface area contributed by atoms with Crippen molar-refractivity contribution in [2.24, 2.45) is 0 Å². The predicted octanol–water partition coefficient (Wildman–Crippen LogP) is 2.22. The van der Waals surface area contributed by atoms with Gasteiger partial charge in [0.05, 0.1) is 11.2 Å². The molecule has 142 valence electrons. The van der Waals surface area contributed by atoms with Crippen molar-refractivity contribution >= 4 is 15.7 Å². The number of nitrogens with zero attached hydrogens (tertiary/aromatic N) is 2. The maximum atomic E-state index is 12.2. The molecule has 0 saturated heterocycles. The van der Waals surface area contributed by atoms with Crippen LogP contribution in [0.15, 0.2) is 70.4 Å². The lowest BCUT2D eigenvalue weighted by Gasteiger charge is -2.16. The Labute approximate surface area is 157 Å². The first-order valence-corrected chi connectivity index (χ1v) is 10.4. The maximum absolute atomic E-state index is 12.2. The molecule has 2 aromatic heterocycles. The van der Waals surface area contributed by atoms with Crippen LogP contribution in [0.2, 0.25) is 0 Å². The minimum atomic E-state index is -3.21. The fourth-order valence-corrected chi connectivity index (χ4v) is 3.36. The summed E-state index contributed by atoms with van der Waals surface area (Å²) in [6.45, 7) is 0.362. The quantitative estimate of drug-likeness (QED) is 0.640. The van der Waals surface area contributed by atoms with E-state index >= 15 is 0 Å². The summed E-state index contributed by atoms with van der Waals surface area (Å²) in [6.07, 6.45) is 7.10. The summed E-state index contributed by atoms with van der Waals surface area (Å²) in [6, 6.07) is 11.8. The number of carbonyl (C=O) groups excluding carboxylic acids is 1. The van der Waals surface area contributed by atoms with E-state index in [9.17, 15) is 13.2 Å². The van der Waals surface area contributed by atoms with Crippen molar-refractivity contribution in [2.45, 2.75) is 23.8 Å². The number of sulfone groups is 1. The number of hydrogen-bond acceptors (Lipinski definition) is 5. The summed E-state index contributed by atoms with van der Waals surface area (Å²) < 4.78 is 30.1. The topological polar surface area (TPSA) is 94.2 Å². The van der Waals surface area contributed by atoms with Gasteiger partial charge in [0.15, 0.2) is 9.84 Å². The van der Waals surface area contributed by atoms with E-state index in [1.54, 1.807) is 47.5 Å². The monoisotopic (exact) mass is 387 g/mol. The molecule has 0 fully saturated rings. The van der Waals surface area contributed by atoms with Crippen LogP contribution in [0.4, 0.5) is 0 Å². The van der Waals surface area contributed by atoms with Crippen molar-refractivity contribution in [3.63, 3.8) is 0 Å². The standard InChI is InChI=1S/C19H21N3O4S/c1-27(24,25)16-8-5-15(6-9-16)7-10-19(23)20-14-17(18-4-2-13-26-18)22-12-3-11-21-22/h2-6,8-9,11-13,17H,7,10,14H2,1H3,(H,20,23)/t17-/m0/s1. The average molecular weight is 387 g/mol. The van der Waals surface area contributed by atoms with Crippen LogP contribution in [0, 0.1) is 0 Å². The van der Waals surface area contributed by atoms with Crippen molar-refractivity contribution in [3.8, 4) is 0 Å². The third-order valence-corrected chi connectivity index (χ3v) is 5.33. The highest BCUT2D eigenvalue weighted by Gasteiger charge is 2.18. The van der Waals surface area contributed by atoms with Crippen LogP contribution in [0.3, 0.4) is 0 Å². The van der Waals surface area contributed by atoms with Crippen LogP contribution in [0.1, 0.15) is 23.8 Å². The fourth-order valence-electron chi connectivity index (χ4n) is 2.73. The molecule has 1 amide bonds. The highest BCUT2D eigenvalue weighted by molar-refractivity contribution is 7.90. The summed E-state index contributed by atoms with van der Waals surface area (Å²) in [5, 5.41) is 7.14. The molecule has 2 heterocycles. The Bertz CT molecular complexity index is 928. The molecular weight excluding hydrogens is 366 g/mol. The Kier molecular flexibility index (Phi) is 5.75. The van der Waals surface area contributed by atoms with Crippen molar-refractivity contribution in [2.75, 3.05) is 12.8 Å². The Morgan fingerprint density at radius 2 is 2.00 bits per heavy atom. The molecule has 3 rings (SSSR count). The van der Waals surface area contributed by atoms with Crippen LogP contribution < -0.4 is 5.32 Å². The van der Waals surface area contributed by atoms with E-state index in [1.807, 2.05) is 18.3 Å². The molecule has 0 unspecified atom stereocenters. The van der Waals surface area contributed by atoms with Gasteiger partial charge in [-0.3, -0.25) is 9.48 Å². The first kappa shape index (κ1) is 18.9. The van der Waals surface area contributed by atoms with E-state index in [2.05, 4.69) is 10.4 Å². The highest BCUT2D eigenvalue weighted by atomic mass is 32.2. The Hall–Kier alpha value is -2.87.